The lowest BCUT2D eigenvalue weighted by Gasteiger charge is -2.21. The van der Waals surface area contributed by atoms with Crippen molar-refractivity contribution in [2.24, 2.45) is 0 Å². The standard InChI is InChI=1S/C30H27ClN2O5S/c1-20-13-16-27(38-2)28(17-20)39(36,37)33-26(18-21-9-5-3-6-10-21)30(35)32-25-15-14-23(31)19-24(25)29(34)22-11-7-4-8-12-22/h3-17,19,26,33H,18H2,1-2H3,(H,32,35). The van der Waals surface area contributed by atoms with Crippen LogP contribution in [0.2, 0.25) is 5.02 Å². The fourth-order valence-electron chi connectivity index (χ4n) is 4.06. The van der Waals surface area contributed by atoms with E-state index < -0.39 is 22.0 Å². The predicted octanol–water partition coefficient (Wildman–Crippen LogP) is 5.42. The van der Waals surface area contributed by atoms with E-state index in [1.165, 1.54) is 25.3 Å². The fraction of sp³-hybridized carbons (Fsp3) is 0.133. The maximum Gasteiger partial charge on any atom is 0.245 e. The molecule has 7 nitrogen and oxygen atoms in total. The maximum absolute atomic E-state index is 13.6. The van der Waals surface area contributed by atoms with Gasteiger partial charge in [0.05, 0.1) is 12.8 Å². The van der Waals surface area contributed by atoms with Crippen LogP contribution >= 0.6 is 11.6 Å². The summed E-state index contributed by atoms with van der Waals surface area (Å²) in [4.78, 5) is 26.8. The van der Waals surface area contributed by atoms with Crippen molar-refractivity contribution < 1.29 is 22.7 Å². The Labute approximate surface area is 232 Å². The minimum Gasteiger partial charge on any atom is -0.495 e. The number of anilines is 1. The highest BCUT2D eigenvalue weighted by Crippen LogP contribution is 2.27. The number of ether oxygens (including phenoxy) is 1. The number of benzene rings is 4. The molecule has 9 heteroatoms. The first kappa shape index (κ1) is 28.0. The monoisotopic (exact) mass is 562 g/mol. The smallest absolute Gasteiger partial charge is 0.245 e. The zero-order valence-electron chi connectivity index (χ0n) is 21.3. The van der Waals surface area contributed by atoms with Gasteiger partial charge in [0.2, 0.25) is 15.9 Å². The molecule has 0 radical (unpaired) electrons. The van der Waals surface area contributed by atoms with Gasteiger partial charge < -0.3 is 10.1 Å². The fourth-order valence-corrected chi connectivity index (χ4v) is 5.68. The highest BCUT2D eigenvalue weighted by molar-refractivity contribution is 7.89. The largest absolute Gasteiger partial charge is 0.495 e. The van der Waals surface area contributed by atoms with Crippen molar-refractivity contribution in [2.45, 2.75) is 24.3 Å². The Bertz CT molecular complexity index is 1590. The van der Waals surface area contributed by atoms with Gasteiger partial charge in [0.25, 0.3) is 0 Å². The van der Waals surface area contributed by atoms with Gasteiger partial charge in [-0.3, -0.25) is 9.59 Å². The Hall–Kier alpha value is -3.98. The van der Waals surface area contributed by atoms with Crippen LogP contribution in [0, 0.1) is 6.92 Å². The third kappa shape index (κ3) is 6.92. The molecule has 0 saturated carbocycles. The molecule has 0 aliphatic carbocycles. The number of sulfonamides is 1. The molecule has 200 valence electrons. The molecule has 0 spiro atoms. The Morgan fingerprint density at radius 3 is 2.23 bits per heavy atom. The summed E-state index contributed by atoms with van der Waals surface area (Å²) in [7, 11) is -2.80. The number of nitrogens with one attached hydrogen (secondary N) is 2. The van der Waals surface area contributed by atoms with Crippen LogP contribution in [-0.4, -0.2) is 33.3 Å². The molecule has 4 aromatic rings. The predicted molar refractivity (Wildman–Crippen MR) is 152 cm³/mol. The number of ketones is 1. The molecule has 0 heterocycles. The van der Waals surface area contributed by atoms with Gasteiger partial charge in [0.1, 0.15) is 16.7 Å². The molecule has 4 aromatic carbocycles. The van der Waals surface area contributed by atoms with Crippen LogP contribution in [0.5, 0.6) is 5.75 Å². The normalized spacial score (nSPS) is 12.0. The Balaban J connectivity index is 1.69. The lowest BCUT2D eigenvalue weighted by atomic mass is 10.0. The van der Waals surface area contributed by atoms with Crippen LogP contribution in [0.1, 0.15) is 27.0 Å². The average molecular weight is 563 g/mol. The van der Waals surface area contributed by atoms with Crippen molar-refractivity contribution in [3.8, 4) is 5.75 Å². The van der Waals surface area contributed by atoms with Crippen molar-refractivity contribution in [2.75, 3.05) is 12.4 Å². The Morgan fingerprint density at radius 2 is 1.56 bits per heavy atom. The first-order chi connectivity index (χ1) is 18.7. The molecule has 0 aromatic heterocycles. The molecule has 2 N–H and O–H groups in total. The number of hydrogen-bond donors (Lipinski definition) is 2. The first-order valence-corrected chi connectivity index (χ1v) is 13.9. The van der Waals surface area contributed by atoms with E-state index in [0.29, 0.717) is 16.1 Å². The van der Waals surface area contributed by atoms with Crippen LogP contribution in [-0.2, 0) is 21.2 Å². The molecule has 1 unspecified atom stereocenters. The van der Waals surface area contributed by atoms with Gasteiger partial charge in [-0.15, -0.1) is 0 Å². The molecule has 39 heavy (non-hydrogen) atoms. The summed E-state index contributed by atoms with van der Waals surface area (Å²) in [6.45, 7) is 1.76. The van der Waals surface area contributed by atoms with E-state index in [1.807, 2.05) is 6.07 Å². The molecule has 4 rings (SSSR count). The van der Waals surface area contributed by atoms with Gasteiger partial charge >= 0.3 is 0 Å². The van der Waals surface area contributed by atoms with Crippen LogP contribution in [0.15, 0.2) is 102 Å². The van der Waals surface area contributed by atoms with E-state index in [1.54, 1.807) is 79.7 Å². The van der Waals surface area contributed by atoms with Crippen molar-refractivity contribution in [1.29, 1.82) is 0 Å². The SMILES string of the molecule is COc1ccc(C)cc1S(=O)(=O)NC(Cc1ccccc1)C(=O)Nc1ccc(Cl)cc1C(=O)c1ccccc1. The molecule has 0 aliphatic rings. The zero-order valence-corrected chi connectivity index (χ0v) is 22.9. The summed E-state index contributed by atoms with van der Waals surface area (Å²) in [5.41, 5.74) is 2.27. The number of hydrogen-bond acceptors (Lipinski definition) is 5. The topological polar surface area (TPSA) is 102 Å². The number of carbonyl (C=O) groups excluding carboxylic acids is 2. The molecular weight excluding hydrogens is 536 g/mol. The van der Waals surface area contributed by atoms with Crippen LogP contribution in [0.25, 0.3) is 0 Å². The second-order valence-corrected chi connectivity index (χ2v) is 11.0. The molecule has 0 bridgehead atoms. The van der Waals surface area contributed by atoms with Gasteiger partial charge in [-0.25, -0.2) is 8.42 Å². The maximum atomic E-state index is 13.6. The summed E-state index contributed by atoms with van der Waals surface area (Å²) in [5, 5.41) is 3.07. The van der Waals surface area contributed by atoms with Crippen molar-refractivity contribution in [3.05, 3.63) is 124 Å². The van der Waals surface area contributed by atoms with E-state index in [9.17, 15) is 18.0 Å². The number of halogens is 1. The molecule has 0 fully saturated rings. The first-order valence-electron chi connectivity index (χ1n) is 12.1. The Morgan fingerprint density at radius 1 is 0.897 bits per heavy atom. The summed E-state index contributed by atoms with van der Waals surface area (Å²) >= 11 is 6.18. The summed E-state index contributed by atoms with van der Waals surface area (Å²) in [6.07, 6.45) is 0.0651. The molecule has 0 aliphatic heterocycles. The highest BCUT2D eigenvalue weighted by atomic mass is 35.5. The summed E-state index contributed by atoms with van der Waals surface area (Å²) < 4.78 is 34.8. The van der Waals surface area contributed by atoms with E-state index in [-0.39, 0.29) is 34.1 Å². The number of aryl methyl sites for hydroxylation is 1. The Kier molecular flexibility index (Phi) is 8.81. The molecular formula is C30H27ClN2O5S. The quantitative estimate of drug-likeness (QED) is 0.251. The molecule has 1 atom stereocenters. The minimum absolute atomic E-state index is 0.0651. The van der Waals surface area contributed by atoms with Crippen molar-refractivity contribution >= 4 is 39.0 Å². The summed E-state index contributed by atoms with van der Waals surface area (Å²) in [5.74, 6) is -0.822. The van der Waals surface area contributed by atoms with Crippen molar-refractivity contribution in [1.82, 2.24) is 4.72 Å². The van der Waals surface area contributed by atoms with Gasteiger partial charge in [-0.05, 0) is 54.8 Å². The lowest BCUT2D eigenvalue weighted by Crippen LogP contribution is -2.45. The molecule has 1 amide bonds. The van der Waals surface area contributed by atoms with Gasteiger partial charge in [-0.2, -0.15) is 4.72 Å². The summed E-state index contributed by atoms with van der Waals surface area (Å²) in [6, 6.07) is 25.7. The average Bonchev–Trinajstić information content (AvgIpc) is 2.94. The third-order valence-electron chi connectivity index (χ3n) is 6.03. The van der Waals surface area contributed by atoms with E-state index >= 15 is 0 Å². The van der Waals surface area contributed by atoms with E-state index in [0.717, 1.165) is 5.56 Å². The minimum atomic E-state index is -4.18. The third-order valence-corrected chi connectivity index (χ3v) is 7.75. The molecule has 0 saturated heterocycles. The van der Waals surface area contributed by atoms with Gasteiger partial charge in [0.15, 0.2) is 5.78 Å². The van der Waals surface area contributed by atoms with Crippen molar-refractivity contribution in [3.63, 3.8) is 0 Å². The number of methoxy groups -OCH3 is 1. The van der Waals surface area contributed by atoms with Crippen LogP contribution in [0.3, 0.4) is 0 Å². The van der Waals surface area contributed by atoms with Gasteiger partial charge in [-0.1, -0.05) is 78.3 Å². The lowest BCUT2D eigenvalue weighted by molar-refractivity contribution is -0.117. The van der Waals surface area contributed by atoms with E-state index in [4.69, 9.17) is 16.3 Å². The van der Waals surface area contributed by atoms with Gasteiger partial charge in [0, 0.05) is 16.1 Å². The number of amides is 1. The van der Waals surface area contributed by atoms with E-state index in [2.05, 4.69) is 10.0 Å². The second-order valence-electron chi connectivity index (χ2n) is 8.89. The van der Waals surface area contributed by atoms with Crippen LogP contribution < -0.4 is 14.8 Å². The second kappa shape index (κ2) is 12.3. The number of rotatable bonds is 10. The zero-order chi connectivity index (χ0) is 28.0. The highest BCUT2D eigenvalue weighted by Gasteiger charge is 2.29. The van der Waals surface area contributed by atoms with Crippen LogP contribution in [0.4, 0.5) is 5.69 Å². The number of carbonyl (C=O) groups is 2.